The average Bonchev–Trinajstić information content (AvgIpc) is 2.27. The minimum absolute atomic E-state index is 0.121. The van der Waals surface area contributed by atoms with E-state index in [4.69, 9.17) is 25.5 Å². The average molecular weight is 249 g/mol. The van der Waals surface area contributed by atoms with Crippen LogP contribution in [0.3, 0.4) is 0 Å². The second kappa shape index (κ2) is 12.2. The summed E-state index contributed by atoms with van der Waals surface area (Å²) in [5.41, 5.74) is 5.19. The lowest BCUT2D eigenvalue weighted by atomic mass is 10.3. The molecule has 0 spiro atoms. The summed E-state index contributed by atoms with van der Waals surface area (Å²) < 4.78 is 0. The Kier molecular flexibility index (Phi) is 12.6. The Balaban J connectivity index is 0. The van der Waals surface area contributed by atoms with Gasteiger partial charge in [0.25, 0.3) is 0 Å². The number of rotatable bonds is 5. The maximum absolute atomic E-state index is 10.8. The lowest BCUT2D eigenvalue weighted by Gasteiger charge is -2.04. The van der Waals surface area contributed by atoms with Crippen LogP contribution in [0.1, 0.15) is 19.8 Å². The first-order valence-electron chi connectivity index (χ1n) is 5.13. The largest absolute Gasteiger partial charge is 0.473 e. The highest BCUT2D eigenvalue weighted by Crippen LogP contribution is 1.81. The van der Waals surface area contributed by atoms with E-state index in [1.54, 1.807) is 0 Å². The van der Waals surface area contributed by atoms with Crippen LogP contribution in [0, 0.1) is 0 Å². The smallest absolute Gasteiger partial charge is 0.414 e. The molecule has 2 amide bonds. The molecular weight excluding hydrogens is 230 g/mol. The van der Waals surface area contributed by atoms with Crippen molar-refractivity contribution < 1.29 is 24.6 Å². The number of carbonyl (C=O) groups is 3. The fourth-order valence-corrected chi connectivity index (χ4v) is 0.627. The third-order valence-electron chi connectivity index (χ3n) is 1.43. The maximum atomic E-state index is 10.8. The Hall–Kier alpha value is -1.83. The first-order chi connectivity index (χ1) is 7.95. The summed E-state index contributed by atoms with van der Waals surface area (Å²) in [5, 5.41) is 20.1. The van der Waals surface area contributed by atoms with Gasteiger partial charge in [-0.2, -0.15) is 0 Å². The van der Waals surface area contributed by atoms with E-state index in [-0.39, 0.29) is 6.03 Å². The fourth-order valence-electron chi connectivity index (χ4n) is 0.627. The number of carbonyl (C=O) groups excluding carboxylic acids is 1. The van der Waals surface area contributed by atoms with Gasteiger partial charge in [-0.1, -0.05) is 13.3 Å². The van der Waals surface area contributed by atoms with E-state index in [0.29, 0.717) is 13.1 Å². The summed E-state index contributed by atoms with van der Waals surface area (Å²) in [7, 11) is 0. The molecule has 0 radical (unpaired) electrons. The Labute approximate surface area is 99.2 Å². The normalized spacial score (nSPS) is 8.59. The minimum atomic E-state index is -1.82. The molecule has 8 nitrogen and oxygen atoms in total. The molecule has 0 fully saturated rings. The number of urea groups is 1. The van der Waals surface area contributed by atoms with E-state index in [0.717, 1.165) is 19.4 Å². The number of carboxylic acid groups (broad SMARTS) is 2. The van der Waals surface area contributed by atoms with E-state index in [2.05, 4.69) is 17.6 Å². The molecule has 0 aliphatic rings. The number of nitrogens with one attached hydrogen (secondary N) is 2. The highest BCUT2D eigenvalue weighted by Gasteiger charge is 2.04. The van der Waals surface area contributed by atoms with Gasteiger partial charge in [-0.05, 0) is 6.42 Å². The molecule has 8 heteroatoms. The van der Waals surface area contributed by atoms with E-state index < -0.39 is 11.9 Å². The molecule has 0 aliphatic heterocycles. The topological polar surface area (TPSA) is 142 Å². The molecule has 6 N–H and O–H groups in total. The van der Waals surface area contributed by atoms with Crippen molar-refractivity contribution in [1.29, 1.82) is 0 Å². The highest BCUT2D eigenvalue weighted by atomic mass is 16.4. The van der Waals surface area contributed by atoms with Crippen molar-refractivity contribution in [2.75, 3.05) is 19.6 Å². The zero-order chi connectivity index (χ0) is 13.7. The Morgan fingerprint density at radius 3 is 1.88 bits per heavy atom. The van der Waals surface area contributed by atoms with E-state index in [1.165, 1.54) is 0 Å². The number of amides is 2. The van der Waals surface area contributed by atoms with Gasteiger partial charge in [0.1, 0.15) is 0 Å². The van der Waals surface area contributed by atoms with Gasteiger partial charge >= 0.3 is 18.0 Å². The zero-order valence-electron chi connectivity index (χ0n) is 9.73. The number of carboxylic acids is 2. The lowest BCUT2D eigenvalue weighted by molar-refractivity contribution is -0.159. The van der Waals surface area contributed by atoms with E-state index >= 15 is 0 Å². The van der Waals surface area contributed by atoms with Gasteiger partial charge in [-0.3, -0.25) is 0 Å². The molecule has 0 aromatic carbocycles. The van der Waals surface area contributed by atoms with Crippen LogP contribution in [0.5, 0.6) is 0 Å². The second-order valence-electron chi connectivity index (χ2n) is 2.94. The third kappa shape index (κ3) is 16.8. The van der Waals surface area contributed by atoms with Crippen molar-refractivity contribution in [3.05, 3.63) is 0 Å². The summed E-state index contributed by atoms with van der Waals surface area (Å²) >= 11 is 0. The van der Waals surface area contributed by atoms with Gasteiger partial charge in [-0.25, -0.2) is 14.4 Å². The van der Waals surface area contributed by atoms with Gasteiger partial charge in [0, 0.05) is 19.6 Å². The molecule has 0 aromatic heterocycles. The van der Waals surface area contributed by atoms with E-state index in [9.17, 15) is 4.79 Å². The number of nitrogens with two attached hydrogens (primary N) is 1. The predicted octanol–water partition coefficient (Wildman–Crippen LogP) is -0.800. The maximum Gasteiger partial charge on any atom is 0.414 e. The monoisotopic (exact) mass is 249 g/mol. The van der Waals surface area contributed by atoms with Crippen LogP contribution in [0.15, 0.2) is 0 Å². The third-order valence-corrected chi connectivity index (χ3v) is 1.43. The van der Waals surface area contributed by atoms with Crippen molar-refractivity contribution in [3.8, 4) is 0 Å². The summed E-state index contributed by atoms with van der Waals surface area (Å²) in [6, 6.07) is -0.121. The van der Waals surface area contributed by atoms with Crippen molar-refractivity contribution in [2.45, 2.75) is 19.8 Å². The number of aliphatic carboxylic acids is 2. The summed E-state index contributed by atoms with van der Waals surface area (Å²) in [6.45, 7) is 3.85. The van der Waals surface area contributed by atoms with Crippen molar-refractivity contribution in [1.82, 2.24) is 10.6 Å². The summed E-state index contributed by atoms with van der Waals surface area (Å²) in [4.78, 5) is 29.0. The van der Waals surface area contributed by atoms with Gasteiger partial charge < -0.3 is 26.6 Å². The molecule has 100 valence electrons. The quantitative estimate of drug-likeness (QED) is 0.319. The highest BCUT2D eigenvalue weighted by molar-refractivity contribution is 6.27. The van der Waals surface area contributed by atoms with E-state index in [1.807, 2.05) is 0 Å². The molecule has 0 aliphatic carbocycles. The molecule has 0 atom stereocenters. The molecular formula is C9H19N3O5. The number of hydrogen-bond donors (Lipinski definition) is 5. The minimum Gasteiger partial charge on any atom is -0.473 e. The molecule has 0 rings (SSSR count). The molecule has 0 unspecified atom stereocenters. The molecule has 0 bridgehead atoms. The summed E-state index contributed by atoms with van der Waals surface area (Å²) in [5.74, 6) is -3.65. The van der Waals surface area contributed by atoms with Crippen molar-refractivity contribution in [2.24, 2.45) is 5.73 Å². The van der Waals surface area contributed by atoms with Gasteiger partial charge in [0.05, 0.1) is 0 Å². The van der Waals surface area contributed by atoms with Crippen LogP contribution < -0.4 is 16.4 Å². The molecule has 0 saturated carbocycles. The van der Waals surface area contributed by atoms with Crippen LogP contribution in [0.4, 0.5) is 4.79 Å². The van der Waals surface area contributed by atoms with Gasteiger partial charge in [0.15, 0.2) is 0 Å². The van der Waals surface area contributed by atoms with Gasteiger partial charge in [-0.15, -0.1) is 0 Å². The van der Waals surface area contributed by atoms with Crippen LogP contribution in [-0.4, -0.2) is 47.8 Å². The van der Waals surface area contributed by atoms with Crippen LogP contribution in [-0.2, 0) is 9.59 Å². The zero-order valence-corrected chi connectivity index (χ0v) is 9.73. The Bertz CT molecular complexity index is 233. The Morgan fingerprint density at radius 2 is 1.53 bits per heavy atom. The van der Waals surface area contributed by atoms with Crippen molar-refractivity contribution in [3.63, 3.8) is 0 Å². The first kappa shape index (κ1) is 17.6. The molecule has 0 saturated heterocycles. The van der Waals surface area contributed by atoms with Crippen LogP contribution in [0.2, 0.25) is 0 Å². The second-order valence-corrected chi connectivity index (χ2v) is 2.94. The molecule has 0 aromatic rings. The molecule has 17 heavy (non-hydrogen) atoms. The lowest BCUT2D eigenvalue weighted by Crippen LogP contribution is -2.38. The van der Waals surface area contributed by atoms with Crippen LogP contribution in [0.25, 0.3) is 0 Å². The van der Waals surface area contributed by atoms with Crippen molar-refractivity contribution >= 4 is 18.0 Å². The number of unbranched alkanes of at least 4 members (excludes halogenated alkanes) is 1. The van der Waals surface area contributed by atoms with Crippen LogP contribution >= 0.6 is 0 Å². The molecule has 0 heterocycles. The first-order valence-corrected chi connectivity index (χ1v) is 5.13. The Morgan fingerprint density at radius 1 is 1.06 bits per heavy atom. The predicted molar refractivity (Wildman–Crippen MR) is 60.6 cm³/mol. The standard InChI is InChI=1S/C7H17N3O.C2H2O4/c1-2-3-5-9-7(11)10-6-4-8;3-1(4)2(5)6/h2-6,8H2,1H3,(H2,9,10,11);(H,3,4)(H,5,6). The van der Waals surface area contributed by atoms with Gasteiger partial charge in [0.2, 0.25) is 0 Å². The number of hydrogen-bond acceptors (Lipinski definition) is 4. The fraction of sp³-hybridized carbons (Fsp3) is 0.667. The summed E-state index contributed by atoms with van der Waals surface area (Å²) in [6.07, 6.45) is 2.12. The SMILES string of the molecule is CCCCNC(=O)NCCN.O=C(O)C(=O)O.